The zero-order chi connectivity index (χ0) is 21.0. The molecule has 0 atom stereocenters. The van der Waals surface area contributed by atoms with Gasteiger partial charge in [-0.2, -0.15) is 0 Å². The predicted molar refractivity (Wildman–Crippen MR) is 123 cm³/mol. The second-order valence-electron chi connectivity index (χ2n) is 8.40. The molecule has 3 aromatic heterocycles. The third kappa shape index (κ3) is 4.39. The van der Waals surface area contributed by atoms with Crippen molar-refractivity contribution in [2.45, 2.75) is 32.1 Å². The van der Waals surface area contributed by atoms with Crippen molar-refractivity contribution in [3.63, 3.8) is 0 Å². The van der Waals surface area contributed by atoms with Crippen LogP contribution in [0.5, 0.6) is 0 Å². The first-order chi connectivity index (χ1) is 15.3. The van der Waals surface area contributed by atoms with Gasteiger partial charge in [0.25, 0.3) is 0 Å². The topological polar surface area (TPSA) is 102 Å². The smallest absolute Gasteiger partial charge is 0.167 e. The summed E-state index contributed by atoms with van der Waals surface area (Å²) in [6.45, 7) is 4.15. The van der Waals surface area contributed by atoms with Crippen LogP contribution in [0.1, 0.15) is 32.1 Å². The summed E-state index contributed by atoms with van der Waals surface area (Å²) in [4.78, 5) is 20.3. The molecule has 31 heavy (non-hydrogen) atoms. The number of nitrogens with zero attached hydrogens (tertiary/aromatic N) is 5. The fourth-order valence-electron chi connectivity index (χ4n) is 4.54. The maximum absolute atomic E-state index is 6.20. The zero-order valence-electron chi connectivity index (χ0n) is 17.8. The number of hydrogen-bond donors (Lipinski definition) is 2. The van der Waals surface area contributed by atoms with Gasteiger partial charge in [0.15, 0.2) is 5.65 Å². The number of rotatable bonds is 5. The molecule has 2 aliphatic rings. The molecule has 8 heteroatoms. The molecule has 8 nitrogen and oxygen atoms in total. The van der Waals surface area contributed by atoms with Gasteiger partial charge in [-0.15, -0.1) is 0 Å². The number of nitrogens with one attached hydrogen (secondary N) is 1. The number of morpholine rings is 1. The Balaban J connectivity index is 1.44. The Labute approximate surface area is 182 Å². The van der Waals surface area contributed by atoms with E-state index in [0.717, 1.165) is 61.0 Å². The van der Waals surface area contributed by atoms with E-state index in [-0.39, 0.29) is 0 Å². The first-order valence-corrected chi connectivity index (χ1v) is 11.2. The molecule has 3 aromatic rings. The Morgan fingerprint density at radius 1 is 1.06 bits per heavy atom. The largest absolute Gasteiger partial charge is 0.384 e. The lowest BCUT2D eigenvalue weighted by atomic mass is 9.89. The number of ether oxygens (including phenoxy) is 1. The van der Waals surface area contributed by atoms with E-state index in [9.17, 15) is 0 Å². The molecule has 0 bridgehead atoms. The normalized spacial score (nSPS) is 17.7. The van der Waals surface area contributed by atoms with Crippen LogP contribution in [-0.2, 0) is 4.74 Å². The van der Waals surface area contributed by atoms with Crippen LogP contribution < -0.4 is 16.0 Å². The van der Waals surface area contributed by atoms with Crippen molar-refractivity contribution in [1.29, 1.82) is 0 Å². The van der Waals surface area contributed by atoms with Gasteiger partial charge in [-0.3, -0.25) is 0 Å². The Kier molecular flexibility index (Phi) is 5.80. The van der Waals surface area contributed by atoms with Gasteiger partial charge in [0.2, 0.25) is 0 Å². The van der Waals surface area contributed by atoms with Crippen molar-refractivity contribution < 1.29 is 4.74 Å². The zero-order valence-corrected chi connectivity index (χ0v) is 17.8. The van der Waals surface area contributed by atoms with E-state index in [1.54, 1.807) is 0 Å². The third-order valence-corrected chi connectivity index (χ3v) is 6.32. The number of nitrogens with two attached hydrogens (primary N) is 1. The molecule has 0 spiro atoms. The van der Waals surface area contributed by atoms with E-state index in [1.165, 1.54) is 38.4 Å². The average Bonchev–Trinajstić information content (AvgIpc) is 2.84. The lowest BCUT2D eigenvalue weighted by Crippen LogP contribution is -2.36. The highest BCUT2D eigenvalue weighted by Crippen LogP contribution is 2.31. The molecule has 3 N–H and O–H groups in total. The van der Waals surface area contributed by atoms with Crippen molar-refractivity contribution >= 4 is 28.4 Å². The Hall–Kier alpha value is -3.00. The van der Waals surface area contributed by atoms with Crippen molar-refractivity contribution in [2.75, 3.05) is 48.8 Å². The highest BCUT2D eigenvalue weighted by molar-refractivity contribution is 5.98. The van der Waals surface area contributed by atoms with Crippen LogP contribution >= 0.6 is 0 Å². The maximum atomic E-state index is 6.20. The minimum Gasteiger partial charge on any atom is -0.384 e. The fraction of sp³-hybridized carbons (Fsp3) is 0.478. The monoisotopic (exact) mass is 419 g/mol. The molecule has 5 rings (SSSR count). The summed E-state index contributed by atoms with van der Waals surface area (Å²) in [5.41, 5.74) is 9.53. The quantitative estimate of drug-likeness (QED) is 0.648. The van der Waals surface area contributed by atoms with Crippen molar-refractivity contribution in [2.24, 2.45) is 5.92 Å². The molecule has 1 saturated carbocycles. The Bertz CT molecular complexity index is 1030. The van der Waals surface area contributed by atoms with Crippen LogP contribution in [-0.4, -0.2) is 52.8 Å². The van der Waals surface area contributed by atoms with E-state index >= 15 is 0 Å². The van der Waals surface area contributed by atoms with Crippen LogP contribution in [0.3, 0.4) is 0 Å². The van der Waals surface area contributed by atoms with Crippen LogP contribution in [0.4, 0.5) is 17.3 Å². The van der Waals surface area contributed by atoms with Gasteiger partial charge < -0.3 is 20.7 Å². The number of anilines is 3. The molecule has 0 radical (unpaired) electrons. The second-order valence-corrected chi connectivity index (χ2v) is 8.40. The first-order valence-electron chi connectivity index (χ1n) is 11.2. The molecular formula is C23H29N7O. The number of aromatic nitrogens is 4. The number of hydrogen-bond acceptors (Lipinski definition) is 8. The summed E-state index contributed by atoms with van der Waals surface area (Å²) < 4.78 is 5.44. The minimum absolute atomic E-state index is 0.455. The molecule has 4 heterocycles. The van der Waals surface area contributed by atoms with Crippen molar-refractivity contribution in [3.8, 4) is 11.3 Å². The van der Waals surface area contributed by atoms with Crippen molar-refractivity contribution in [3.05, 3.63) is 30.7 Å². The third-order valence-electron chi connectivity index (χ3n) is 6.32. The molecule has 0 amide bonds. The summed E-state index contributed by atoms with van der Waals surface area (Å²) in [7, 11) is 0. The lowest BCUT2D eigenvalue weighted by Gasteiger charge is -2.27. The van der Waals surface area contributed by atoms with E-state index in [4.69, 9.17) is 15.5 Å². The van der Waals surface area contributed by atoms with Crippen LogP contribution in [0.15, 0.2) is 30.7 Å². The van der Waals surface area contributed by atoms with Crippen LogP contribution in [0, 0.1) is 5.92 Å². The van der Waals surface area contributed by atoms with Gasteiger partial charge in [-0.1, -0.05) is 19.3 Å². The van der Waals surface area contributed by atoms with Gasteiger partial charge in [0.05, 0.1) is 30.0 Å². The summed E-state index contributed by atoms with van der Waals surface area (Å²) in [5, 5.41) is 4.42. The van der Waals surface area contributed by atoms with Gasteiger partial charge in [0, 0.05) is 31.4 Å². The Morgan fingerprint density at radius 3 is 2.68 bits per heavy atom. The van der Waals surface area contributed by atoms with Gasteiger partial charge in [0.1, 0.15) is 18.0 Å². The van der Waals surface area contributed by atoms with Crippen LogP contribution in [0.25, 0.3) is 22.3 Å². The van der Waals surface area contributed by atoms with E-state index in [2.05, 4.69) is 43.4 Å². The predicted octanol–water partition coefficient (Wildman–Crippen LogP) is 3.50. The molecule has 1 aliphatic heterocycles. The first kappa shape index (κ1) is 19.9. The number of nitrogen functional groups attached to an aromatic ring is 1. The van der Waals surface area contributed by atoms with E-state index < -0.39 is 0 Å². The molecular weight excluding hydrogens is 390 g/mol. The van der Waals surface area contributed by atoms with Crippen LogP contribution in [0.2, 0.25) is 0 Å². The van der Waals surface area contributed by atoms with E-state index in [0.29, 0.717) is 17.4 Å². The highest BCUT2D eigenvalue weighted by Gasteiger charge is 2.17. The van der Waals surface area contributed by atoms with Crippen molar-refractivity contribution in [1.82, 2.24) is 19.9 Å². The molecule has 0 unspecified atom stereocenters. The summed E-state index contributed by atoms with van der Waals surface area (Å²) >= 11 is 0. The fourth-order valence-corrected chi connectivity index (χ4v) is 4.54. The minimum atomic E-state index is 0.455. The van der Waals surface area contributed by atoms with Gasteiger partial charge in [-0.25, -0.2) is 19.9 Å². The lowest BCUT2D eigenvalue weighted by molar-refractivity contribution is 0.122. The van der Waals surface area contributed by atoms with Gasteiger partial charge in [-0.05, 0) is 37.0 Å². The molecule has 2 fully saturated rings. The summed E-state index contributed by atoms with van der Waals surface area (Å²) in [5.74, 6) is 2.12. The average molecular weight is 420 g/mol. The summed E-state index contributed by atoms with van der Waals surface area (Å²) in [6, 6.07) is 6.17. The molecule has 1 aliphatic carbocycles. The molecule has 0 aromatic carbocycles. The number of fused-ring (bicyclic) bond motifs is 1. The maximum Gasteiger partial charge on any atom is 0.167 e. The standard InChI is InChI=1S/C23H29N7O/c24-22-21-19(25-13-16-4-2-1-3-5-16)12-18(29-23(21)28-15-27-22)17-6-7-20(26-14-17)30-8-10-31-11-9-30/h6-7,12,14-16H,1-5,8-11,13H2,(H3,24,25,27,28,29). The second kappa shape index (κ2) is 9.01. The number of pyridine rings is 2. The van der Waals surface area contributed by atoms with Gasteiger partial charge >= 0.3 is 0 Å². The summed E-state index contributed by atoms with van der Waals surface area (Å²) in [6.07, 6.45) is 9.91. The SMILES string of the molecule is Nc1ncnc2nc(-c3ccc(N4CCOCC4)nc3)cc(NCC3CCCCC3)c12. The molecule has 1 saturated heterocycles. The highest BCUT2D eigenvalue weighted by atomic mass is 16.5. The molecule has 162 valence electrons. The Morgan fingerprint density at radius 2 is 1.90 bits per heavy atom. The van der Waals surface area contributed by atoms with E-state index in [1.807, 2.05) is 6.20 Å².